The minimum absolute atomic E-state index is 0.0838. The first-order chi connectivity index (χ1) is 14.2. The van der Waals surface area contributed by atoms with Crippen LogP contribution in [-0.2, 0) is 6.54 Å². The number of nitrogens with zero attached hydrogens (tertiary/aromatic N) is 4. The van der Waals surface area contributed by atoms with Gasteiger partial charge in [0.1, 0.15) is 5.82 Å². The third kappa shape index (κ3) is 3.14. The molecule has 0 atom stereocenters. The fourth-order valence-electron chi connectivity index (χ4n) is 3.37. The molecule has 2 aromatic carbocycles. The van der Waals surface area contributed by atoms with Crippen molar-refractivity contribution in [3.8, 4) is 11.1 Å². The maximum atomic E-state index is 14.8. The molecule has 5 aromatic rings. The third-order valence-electron chi connectivity index (χ3n) is 4.90. The maximum Gasteiger partial charge on any atom is 0.280 e. The van der Waals surface area contributed by atoms with E-state index in [2.05, 4.69) is 15.0 Å². The Hall–Kier alpha value is -3.93. The van der Waals surface area contributed by atoms with Crippen molar-refractivity contribution in [1.29, 1.82) is 0 Å². The molecule has 0 spiro atoms. The molecule has 0 bridgehead atoms. The van der Waals surface area contributed by atoms with Crippen molar-refractivity contribution in [3.05, 3.63) is 101 Å². The Balaban J connectivity index is 1.50. The monoisotopic (exact) mass is 382 g/mol. The number of hydrogen-bond acceptors (Lipinski definition) is 4. The van der Waals surface area contributed by atoms with Gasteiger partial charge in [-0.1, -0.05) is 30.3 Å². The molecule has 3 heterocycles. The van der Waals surface area contributed by atoms with E-state index in [9.17, 15) is 9.18 Å². The Morgan fingerprint density at radius 2 is 1.72 bits per heavy atom. The number of aromatic nitrogens is 4. The summed E-state index contributed by atoms with van der Waals surface area (Å²) in [5, 5.41) is 0.996. The lowest BCUT2D eigenvalue weighted by Crippen LogP contribution is -2.22. The molecule has 0 aliphatic rings. The van der Waals surface area contributed by atoms with Crippen LogP contribution in [0.25, 0.3) is 33.1 Å². The molecule has 0 amide bonds. The second kappa shape index (κ2) is 6.91. The van der Waals surface area contributed by atoms with E-state index in [0.29, 0.717) is 11.1 Å². The summed E-state index contributed by atoms with van der Waals surface area (Å²) in [6, 6.07) is 18.2. The van der Waals surface area contributed by atoms with Crippen LogP contribution in [0.2, 0.25) is 0 Å². The van der Waals surface area contributed by atoms with Crippen molar-refractivity contribution in [2.45, 2.75) is 6.54 Å². The van der Waals surface area contributed by atoms with Gasteiger partial charge in [0, 0.05) is 28.9 Å². The fraction of sp³-hybridized carbons (Fsp3) is 0.0435. The summed E-state index contributed by atoms with van der Waals surface area (Å²) >= 11 is 0. The average Bonchev–Trinajstić information content (AvgIpc) is 2.76. The van der Waals surface area contributed by atoms with Gasteiger partial charge in [-0.15, -0.1) is 0 Å². The molecule has 6 heteroatoms. The van der Waals surface area contributed by atoms with E-state index < -0.39 is 0 Å². The molecular formula is C23H15FN4O. The van der Waals surface area contributed by atoms with Crippen LogP contribution < -0.4 is 5.56 Å². The molecule has 0 N–H and O–H groups in total. The average molecular weight is 382 g/mol. The van der Waals surface area contributed by atoms with Crippen LogP contribution in [0, 0.1) is 5.82 Å². The maximum absolute atomic E-state index is 14.8. The highest BCUT2D eigenvalue weighted by molar-refractivity contribution is 5.83. The van der Waals surface area contributed by atoms with Gasteiger partial charge in [-0.2, -0.15) is 0 Å². The van der Waals surface area contributed by atoms with E-state index >= 15 is 0 Å². The van der Waals surface area contributed by atoms with Crippen molar-refractivity contribution in [2.75, 3.05) is 0 Å². The smallest absolute Gasteiger partial charge is 0.280 e. The van der Waals surface area contributed by atoms with Crippen LogP contribution in [0.4, 0.5) is 4.39 Å². The largest absolute Gasteiger partial charge is 0.293 e. The zero-order chi connectivity index (χ0) is 19.8. The van der Waals surface area contributed by atoms with Crippen molar-refractivity contribution in [3.63, 3.8) is 0 Å². The van der Waals surface area contributed by atoms with Gasteiger partial charge in [-0.25, -0.2) is 14.4 Å². The minimum Gasteiger partial charge on any atom is -0.293 e. The summed E-state index contributed by atoms with van der Waals surface area (Å²) < 4.78 is 16.2. The van der Waals surface area contributed by atoms with Crippen molar-refractivity contribution in [2.24, 2.45) is 0 Å². The standard InChI is InChI=1S/C23H15FN4O/c24-19-11-15(18-10-16-4-1-2-5-20(16)26-12-18)7-8-17(19)13-28-14-27-21-6-3-9-25-22(21)23(28)29/h1-12,14H,13H2. The highest BCUT2D eigenvalue weighted by Gasteiger charge is 2.10. The molecule has 5 nitrogen and oxygen atoms in total. The van der Waals surface area contributed by atoms with Crippen LogP contribution in [0.3, 0.4) is 0 Å². The predicted octanol–water partition coefficient (Wildman–Crippen LogP) is 4.19. The highest BCUT2D eigenvalue weighted by atomic mass is 19.1. The Labute approximate surface area is 165 Å². The van der Waals surface area contributed by atoms with Gasteiger partial charge in [0.05, 0.1) is 23.9 Å². The normalized spacial score (nSPS) is 11.2. The summed E-state index contributed by atoms with van der Waals surface area (Å²) in [5.41, 5.74) is 3.37. The second-order valence-corrected chi connectivity index (χ2v) is 6.77. The van der Waals surface area contributed by atoms with E-state index in [1.54, 1.807) is 30.6 Å². The summed E-state index contributed by atoms with van der Waals surface area (Å²) in [6.45, 7) is 0.0838. The van der Waals surface area contributed by atoms with Crippen LogP contribution in [-0.4, -0.2) is 19.5 Å². The zero-order valence-electron chi connectivity index (χ0n) is 15.3. The Kier molecular flexibility index (Phi) is 4.09. The summed E-state index contributed by atoms with van der Waals surface area (Å²) in [6.07, 6.45) is 4.70. The van der Waals surface area contributed by atoms with Crippen LogP contribution >= 0.6 is 0 Å². The summed E-state index contributed by atoms with van der Waals surface area (Å²) in [4.78, 5) is 25.3. The number of rotatable bonds is 3. The molecule has 0 unspecified atom stereocenters. The van der Waals surface area contributed by atoms with Gasteiger partial charge in [-0.05, 0) is 35.9 Å². The third-order valence-corrected chi connectivity index (χ3v) is 4.90. The second-order valence-electron chi connectivity index (χ2n) is 6.77. The molecule has 140 valence electrons. The van der Waals surface area contributed by atoms with Crippen molar-refractivity contribution >= 4 is 21.9 Å². The number of halogens is 1. The summed E-state index contributed by atoms with van der Waals surface area (Å²) in [7, 11) is 0. The number of fused-ring (bicyclic) bond motifs is 2. The topological polar surface area (TPSA) is 60.7 Å². The number of benzene rings is 2. The first-order valence-corrected chi connectivity index (χ1v) is 9.13. The quantitative estimate of drug-likeness (QED) is 0.469. The van der Waals surface area contributed by atoms with Gasteiger partial charge in [0.25, 0.3) is 5.56 Å². The van der Waals surface area contributed by atoms with Crippen LogP contribution in [0.15, 0.2) is 84.2 Å². The van der Waals surface area contributed by atoms with E-state index in [1.165, 1.54) is 17.0 Å². The Morgan fingerprint density at radius 3 is 2.62 bits per heavy atom. The molecule has 0 saturated heterocycles. The first-order valence-electron chi connectivity index (χ1n) is 9.13. The molecule has 5 rings (SSSR count). The first kappa shape index (κ1) is 17.2. The SMILES string of the molecule is O=c1c2ncccc2ncn1Cc1ccc(-c2cnc3ccccc3c2)cc1F. The van der Waals surface area contributed by atoms with E-state index in [-0.39, 0.29) is 23.4 Å². The number of hydrogen-bond donors (Lipinski definition) is 0. The minimum atomic E-state index is -0.385. The van der Waals surface area contributed by atoms with Crippen LogP contribution in [0.1, 0.15) is 5.56 Å². The number of para-hydroxylation sites is 1. The van der Waals surface area contributed by atoms with E-state index in [1.807, 2.05) is 36.4 Å². The van der Waals surface area contributed by atoms with Crippen molar-refractivity contribution in [1.82, 2.24) is 19.5 Å². The number of pyridine rings is 2. The molecule has 0 aliphatic heterocycles. The van der Waals surface area contributed by atoms with Crippen LogP contribution in [0.5, 0.6) is 0 Å². The molecular weight excluding hydrogens is 367 g/mol. The molecule has 0 fully saturated rings. The van der Waals surface area contributed by atoms with Gasteiger partial charge in [0.2, 0.25) is 0 Å². The Bertz CT molecular complexity index is 1430. The van der Waals surface area contributed by atoms with Gasteiger partial charge in [0.15, 0.2) is 5.52 Å². The van der Waals surface area contributed by atoms with E-state index in [0.717, 1.165) is 22.0 Å². The predicted molar refractivity (Wildman–Crippen MR) is 110 cm³/mol. The van der Waals surface area contributed by atoms with Gasteiger partial charge >= 0.3 is 0 Å². The summed E-state index contributed by atoms with van der Waals surface area (Å²) in [5.74, 6) is -0.385. The molecule has 29 heavy (non-hydrogen) atoms. The highest BCUT2D eigenvalue weighted by Crippen LogP contribution is 2.24. The van der Waals surface area contributed by atoms with Crippen molar-refractivity contribution < 1.29 is 4.39 Å². The molecule has 0 radical (unpaired) electrons. The van der Waals surface area contributed by atoms with Gasteiger partial charge < -0.3 is 0 Å². The zero-order valence-corrected chi connectivity index (χ0v) is 15.3. The lowest BCUT2D eigenvalue weighted by molar-refractivity contribution is 0.595. The van der Waals surface area contributed by atoms with Gasteiger partial charge in [-0.3, -0.25) is 14.3 Å². The molecule has 0 aliphatic carbocycles. The Morgan fingerprint density at radius 1 is 0.862 bits per heavy atom. The van der Waals surface area contributed by atoms with E-state index in [4.69, 9.17) is 0 Å². The lowest BCUT2D eigenvalue weighted by Gasteiger charge is -2.09. The fourth-order valence-corrected chi connectivity index (χ4v) is 3.37. The molecule has 3 aromatic heterocycles. The lowest BCUT2D eigenvalue weighted by atomic mass is 10.0. The molecule has 0 saturated carbocycles.